The predicted molar refractivity (Wildman–Crippen MR) is 101 cm³/mol. The average molecular weight is 345 g/mol. The summed E-state index contributed by atoms with van der Waals surface area (Å²) < 4.78 is 0. The Hall–Kier alpha value is -3.28. The molecule has 6 nitrogen and oxygen atoms in total. The van der Waals surface area contributed by atoms with Gasteiger partial charge >= 0.3 is 0 Å². The molecule has 2 aromatic heterocycles. The molecule has 0 aliphatic carbocycles. The van der Waals surface area contributed by atoms with Crippen molar-refractivity contribution in [1.29, 1.82) is 0 Å². The van der Waals surface area contributed by atoms with Crippen molar-refractivity contribution in [2.45, 2.75) is 12.8 Å². The summed E-state index contributed by atoms with van der Waals surface area (Å²) in [5.74, 6) is 1.33. The highest BCUT2D eigenvalue weighted by atomic mass is 16.1. The first-order chi connectivity index (χ1) is 12.8. The van der Waals surface area contributed by atoms with Gasteiger partial charge in [0, 0.05) is 24.8 Å². The number of anilines is 2. The molecular weight excluding hydrogens is 326 g/mol. The predicted octanol–water partition coefficient (Wildman–Crippen LogP) is 3.39. The third-order valence-corrected chi connectivity index (χ3v) is 4.38. The van der Waals surface area contributed by atoms with Crippen LogP contribution in [0, 0.1) is 0 Å². The first kappa shape index (κ1) is 16.2. The van der Waals surface area contributed by atoms with E-state index in [-0.39, 0.29) is 5.91 Å². The van der Waals surface area contributed by atoms with E-state index >= 15 is 0 Å². The first-order valence-corrected chi connectivity index (χ1v) is 8.69. The summed E-state index contributed by atoms with van der Waals surface area (Å²) in [5.41, 5.74) is 2.01. The Balaban J connectivity index is 1.42. The highest BCUT2D eigenvalue weighted by molar-refractivity contribution is 6.04. The highest BCUT2D eigenvalue weighted by Crippen LogP contribution is 2.18. The van der Waals surface area contributed by atoms with E-state index in [9.17, 15) is 4.79 Å². The number of nitrogens with zero attached hydrogens (tertiary/aromatic N) is 4. The van der Waals surface area contributed by atoms with E-state index in [0.717, 1.165) is 24.5 Å². The van der Waals surface area contributed by atoms with Gasteiger partial charge in [-0.1, -0.05) is 30.3 Å². The van der Waals surface area contributed by atoms with Crippen molar-refractivity contribution in [3.8, 4) is 11.4 Å². The van der Waals surface area contributed by atoms with E-state index in [4.69, 9.17) is 0 Å². The molecule has 0 radical (unpaired) electrons. The van der Waals surface area contributed by atoms with Gasteiger partial charge in [-0.15, -0.1) is 0 Å². The topological polar surface area (TPSA) is 71.0 Å². The molecule has 3 aromatic rings. The van der Waals surface area contributed by atoms with E-state index in [0.29, 0.717) is 17.1 Å². The van der Waals surface area contributed by atoms with Crippen LogP contribution in [0.5, 0.6) is 0 Å². The lowest BCUT2D eigenvalue weighted by Crippen LogP contribution is -2.19. The third kappa shape index (κ3) is 3.54. The monoisotopic (exact) mass is 345 g/mol. The van der Waals surface area contributed by atoms with Crippen molar-refractivity contribution < 1.29 is 4.79 Å². The molecular formula is C20H19N5O. The molecule has 1 aliphatic heterocycles. The van der Waals surface area contributed by atoms with Crippen molar-refractivity contribution in [2.24, 2.45) is 0 Å². The number of hydrogen-bond donors (Lipinski definition) is 1. The maximum Gasteiger partial charge on any atom is 0.257 e. The van der Waals surface area contributed by atoms with Gasteiger partial charge in [-0.2, -0.15) is 0 Å². The number of benzene rings is 1. The summed E-state index contributed by atoms with van der Waals surface area (Å²) in [6.07, 6.45) is 7.23. The molecule has 0 bridgehead atoms. The fraction of sp³-hybridized carbons (Fsp3) is 0.200. The summed E-state index contributed by atoms with van der Waals surface area (Å²) in [6.45, 7) is 2.06. The second-order valence-electron chi connectivity index (χ2n) is 6.21. The molecule has 0 atom stereocenters. The number of amides is 1. The molecule has 4 rings (SSSR count). The molecule has 1 saturated heterocycles. The highest BCUT2D eigenvalue weighted by Gasteiger charge is 2.14. The van der Waals surface area contributed by atoms with Crippen LogP contribution in [0.15, 0.2) is 61.1 Å². The fourth-order valence-corrected chi connectivity index (χ4v) is 2.99. The molecule has 0 spiro atoms. The van der Waals surface area contributed by atoms with Gasteiger partial charge < -0.3 is 10.2 Å². The Morgan fingerprint density at radius 1 is 0.885 bits per heavy atom. The van der Waals surface area contributed by atoms with Crippen LogP contribution in [0.3, 0.4) is 0 Å². The van der Waals surface area contributed by atoms with Crippen molar-refractivity contribution >= 4 is 17.4 Å². The number of hydrogen-bond acceptors (Lipinski definition) is 5. The summed E-state index contributed by atoms with van der Waals surface area (Å²) in [4.78, 5) is 27.7. The Morgan fingerprint density at radius 2 is 1.62 bits per heavy atom. The van der Waals surface area contributed by atoms with Crippen molar-refractivity contribution in [2.75, 3.05) is 23.3 Å². The van der Waals surface area contributed by atoms with Crippen molar-refractivity contribution in [3.63, 3.8) is 0 Å². The van der Waals surface area contributed by atoms with Gasteiger partial charge in [-0.05, 0) is 25.0 Å². The Labute approximate surface area is 151 Å². The van der Waals surface area contributed by atoms with E-state index in [1.54, 1.807) is 24.7 Å². The van der Waals surface area contributed by atoms with Crippen LogP contribution in [0.2, 0.25) is 0 Å². The van der Waals surface area contributed by atoms with Gasteiger partial charge in [0.15, 0.2) is 5.82 Å². The summed E-state index contributed by atoms with van der Waals surface area (Å²) in [5, 5.41) is 2.81. The van der Waals surface area contributed by atoms with Crippen LogP contribution >= 0.6 is 0 Å². The summed E-state index contributed by atoms with van der Waals surface area (Å²) in [6, 6.07) is 13.4. The maximum atomic E-state index is 12.4. The number of rotatable bonds is 4. The Bertz CT molecular complexity index is 872. The molecule has 0 saturated carbocycles. The minimum atomic E-state index is -0.221. The largest absolute Gasteiger partial charge is 0.357 e. The van der Waals surface area contributed by atoms with E-state index in [2.05, 4.69) is 25.2 Å². The van der Waals surface area contributed by atoms with Gasteiger partial charge in [-0.25, -0.2) is 15.0 Å². The summed E-state index contributed by atoms with van der Waals surface area (Å²) >= 11 is 0. The van der Waals surface area contributed by atoms with Crippen molar-refractivity contribution in [3.05, 3.63) is 66.6 Å². The lowest BCUT2D eigenvalue weighted by atomic mass is 10.2. The van der Waals surface area contributed by atoms with Crippen LogP contribution < -0.4 is 10.2 Å². The molecule has 26 heavy (non-hydrogen) atoms. The van der Waals surface area contributed by atoms with Gasteiger partial charge in [0.25, 0.3) is 5.91 Å². The molecule has 1 aromatic carbocycles. The van der Waals surface area contributed by atoms with E-state index < -0.39 is 0 Å². The van der Waals surface area contributed by atoms with Gasteiger partial charge in [0.05, 0.1) is 23.6 Å². The zero-order chi connectivity index (χ0) is 17.8. The van der Waals surface area contributed by atoms with Crippen LogP contribution in [-0.2, 0) is 0 Å². The first-order valence-electron chi connectivity index (χ1n) is 8.69. The number of nitrogens with one attached hydrogen (secondary N) is 1. The van der Waals surface area contributed by atoms with Crippen LogP contribution in [-0.4, -0.2) is 33.9 Å². The number of pyridine rings is 1. The van der Waals surface area contributed by atoms with Gasteiger partial charge in [0.1, 0.15) is 5.82 Å². The Morgan fingerprint density at radius 3 is 2.27 bits per heavy atom. The molecule has 1 N–H and O–H groups in total. The van der Waals surface area contributed by atoms with E-state index in [1.807, 2.05) is 36.4 Å². The summed E-state index contributed by atoms with van der Waals surface area (Å²) in [7, 11) is 0. The molecule has 1 aliphatic rings. The molecule has 130 valence electrons. The van der Waals surface area contributed by atoms with Gasteiger partial charge in [0.2, 0.25) is 0 Å². The SMILES string of the molecule is O=C(Nc1cnc(-c2ccccc2)nc1)c1ccc(N2CCCC2)nc1. The second-order valence-corrected chi connectivity index (χ2v) is 6.21. The smallest absolute Gasteiger partial charge is 0.257 e. The molecule has 3 heterocycles. The molecule has 1 fully saturated rings. The third-order valence-electron chi connectivity index (χ3n) is 4.38. The van der Waals surface area contributed by atoms with Gasteiger partial charge in [-0.3, -0.25) is 4.79 Å². The van der Waals surface area contributed by atoms with E-state index in [1.165, 1.54) is 12.8 Å². The number of carbonyl (C=O) groups excluding carboxylic acids is 1. The normalized spacial score (nSPS) is 13.6. The maximum absolute atomic E-state index is 12.4. The standard InChI is InChI=1S/C20H19N5O/c26-20(16-8-9-18(21-12-16)25-10-4-5-11-25)24-17-13-22-19(23-14-17)15-6-2-1-3-7-15/h1-3,6-9,12-14H,4-5,10-11H2,(H,24,26). The molecule has 1 amide bonds. The minimum Gasteiger partial charge on any atom is -0.357 e. The van der Waals surface area contributed by atoms with Crippen LogP contribution in [0.25, 0.3) is 11.4 Å². The quantitative estimate of drug-likeness (QED) is 0.785. The zero-order valence-electron chi connectivity index (χ0n) is 14.3. The average Bonchev–Trinajstić information content (AvgIpc) is 3.24. The molecule has 6 heteroatoms. The number of carbonyl (C=O) groups is 1. The van der Waals surface area contributed by atoms with Crippen LogP contribution in [0.1, 0.15) is 23.2 Å². The zero-order valence-corrected chi connectivity index (χ0v) is 14.3. The van der Waals surface area contributed by atoms with Crippen molar-refractivity contribution in [1.82, 2.24) is 15.0 Å². The number of aromatic nitrogens is 3. The minimum absolute atomic E-state index is 0.221. The fourth-order valence-electron chi connectivity index (χ4n) is 2.99. The lowest BCUT2D eigenvalue weighted by molar-refractivity contribution is 0.102. The molecule has 0 unspecified atom stereocenters. The lowest BCUT2D eigenvalue weighted by Gasteiger charge is -2.16. The Kier molecular flexibility index (Phi) is 4.55. The van der Waals surface area contributed by atoms with Crippen LogP contribution in [0.4, 0.5) is 11.5 Å². The second kappa shape index (κ2) is 7.31.